The summed E-state index contributed by atoms with van der Waals surface area (Å²) in [4.78, 5) is 0. The van der Waals surface area contributed by atoms with Gasteiger partial charge in [0.15, 0.2) is 0 Å². The van der Waals surface area contributed by atoms with Gasteiger partial charge in [-0.3, -0.25) is 0 Å². The molecule has 0 aromatic heterocycles. The minimum Gasteiger partial charge on any atom is -0.381 e. The number of rotatable bonds is 3. The number of methoxy groups -OCH3 is 1. The van der Waals surface area contributed by atoms with Crippen LogP contribution < -0.4 is 5.73 Å². The summed E-state index contributed by atoms with van der Waals surface area (Å²) in [6.45, 7) is 3.66. The predicted octanol–water partition coefficient (Wildman–Crippen LogP) is 0.919. The normalized spacial score (nSPS) is 25.2. The van der Waals surface area contributed by atoms with E-state index in [0.29, 0.717) is 0 Å². The van der Waals surface area contributed by atoms with Crippen LogP contribution in [0.4, 0.5) is 0 Å². The lowest BCUT2D eigenvalue weighted by atomic mass is 9.85. The molecule has 0 aliphatic carbocycles. The standard InChI is InChI=1S/C9H19NO2/c1-3-8(10)9(11-2)4-6-12-7-5-9/h8H,3-7,10H2,1-2H3/t8-/m1/s1. The molecule has 1 aliphatic heterocycles. The minimum absolute atomic E-state index is 0.118. The zero-order chi connectivity index (χ0) is 9.03. The van der Waals surface area contributed by atoms with Gasteiger partial charge in [-0.15, -0.1) is 0 Å². The van der Waals surface area contributed by atoms with Gasteiger partial charge < -0.3 is 15.2 Å². The maximum absolute atomic E-state index is 6.01. The topological polar surface area (TPSA) is 44.5 Å². The Morgan fingerprint density at radius 3 is 2.50 bits per heavy atom. The third-order valence-electron chi connectivity index (χ3n) is 2.86. The highest BCUT2D eigenvalue weighted by Gasteiger charge is 2.37. The van der Waals surface area contributed by atoms with Crippen molar-refractivity contribution in [3.8, 4) is 0 Å². The lowest BCUT2D eigenvalue weighted by molar-refractivity contribution is -0.104. The lowest BCUT2D eigenvalue weighted by Gasteiger charge is -2.40. The molecular formula is C9H19NO2. The molecule has 0 radical (unpaired) electrons. The van der Waals surface area contributed by atoms with Gasteiger partial charge in [0.25, 0.3) is 0 Å². The van der Waals surface area contributed by atoms with Crippen LogP contribution in [0.25, 0.3) is 0 Å². The molecular weight excluding hydrogens is 154 g/mol. The predicted molar refractivity (Wildman–Crippen MR) is 48.1 cm³/mol. The fourth-order valence-corrected chi connectivity index (χ4v) is 1.82. The smallest absolute Gasteiger partial charge is 0.0872 e. The van der Waals surface area contributed by atoms with Gasteiger partial charge in [-0.1, -0.05) is 6.92 Å². The molecule has 1 atom stereocenters. The van der Waals surface area contributed by atoms with E-state index >= 15 is 0 Å². The molecule has 3 nitrogen and oxygen atoms in total. The summed E-state index contributed by atoms with van der Waals surface area (Å²) in [5.41, 5.74) is 5.89. The third-order valence-corrected chi connectivity index (χ3v) is 2.86. The average Bonchev–Trinajstić information content (AvgIpc) is 2.17. The molecule has 0 bridgehead atoms. The molecule has 3 heteroatoms. The summed E-state index contributed by atoms with van der Waals surface area (Å²) in [7, 11) is 1.75. The first-order chi connectivity index (χ1) is 5.75. The first kappa shape index (κ1) is 9.96. The van der Waals surface area contributed by atoms with Crippen LogP contribution in [0.2, 0.25) is 0 Å². The van der Waals surface area contributed by atoms with Gasteiger partial charge >= 0.3 is 0 Å². The Kier molecular flexibility index (Phi) is 3.50. The van der Waals surface area contributed by atoms with E-state index < -0.39 is 0 Å². The maximum atomic E-state index is 6.01. The minimum atomic E-state index is -0.118. The summed E-state index contributed by atoms with van der Waals surface area (Å²) >= 11 is 0. The van der Waals surface area contributed by atoms with Crippen molar-refractivity contribution in [3.63, 3.8) is 0 Å². The Labute approximate surface area is 74.2 Å². The molecule has 0 saturated carbocycles. The highest BCUT2D eigenvalue weighted by Crippen LogP contribution is 2.28. The Morgan fingerprint density at radius 1 is 1.50 bits per heavy atom. The molecule has 12 heavy (non-hydrogen) atoms. The summed E-state index contributed by atoms with van der Waals surface area (Å²) in [5.74, 6) is 0. The Hall–Kier alpha value is -0.120. The molecule has 1 heterocycles. The summed E-state index contributed by atoms with van der Waals surface area (Å²) in [5, 5.41) is 0. The fraction of sp³-hybridized carbons (Fsp3) is 1.00. The van der Waals surface area contributed by atoms with Crippen molar-refractivity contribution in [2.75, 3.05) is 20.3 Å². The van der Waals surface area contributed by atoms with Crippen molar-refractivity contribution in [3.05, 3.63) is 0 Å². The van der Waals surface area contributed by atoms with Crippen molar-refractivity contribution in [1.29, 1.82) is 0 Å². The second-order valence-corrected chi connectivity index (χ2v) is 3.40. The molecule has 72 valence electrons. The molecule has 0 unspecified atom stereocenters. The van der Waals surface area contributed by atoms with Gasteiger partial charge in [0, 0.05) is 39.2 Å². The quantitative estimate of drug-likeness (QED) is 0.690. The molecule has 1 rings (SSSR count). The summed E-state index contributed by atoms with van der Waals surface area (Å²) in [6, 6.07) is 0.145. The summed E-state index contributed by atoms with van der Waals surface area (Å²) < 4.78 is 10.8. The SMILES string of the molecule is CC[C@@H](N)C1(OC)CCOCC1. The van der Waals surface area contributed by atoms with Crippen LogP contribution in [0.1, 0.15) is 26.2 Å². The molecule has 1 aliphatic rings. The van der Waals surface area contributed by atoms with Gasteiger partial charge in [-0.05, 0) is 6.42 Å². The third kappa shape index (κ3) is 1.79. The van der Waals surface area contributed by atoms with Gasteiger partial charge in [0.1, 0.15) is 0 Å². The molecule has 0 spiro atoms. The first-order valence-electron chi connectivity index (χ1n) is 4.63. The Morgan fingerprint density at radius 2 is 2.08 bits per heavy atom. The van der Waals surface area contributed by atoms with Gasteiger partial charge in [-0.2, -0.15) is 0 Å². The van der Waals surface area contributed by atoms with Crippen LogP contribution in [0.3, 0.4) is 0 Å². The highest BCUT2D eigenvalue weighted by atomic mass is 16.5. The van der Waals surface area contributed by atoms with Gasteiger partial charge in [0.05, 0.1) is 5.60 Å². The monoisotopic (exact) mass is 173 g/mol. The first-order valence-corrected chi connectivity index (χ1v) is 4.63. The largest absolute Gasteiger partial charge is 0.381 e. The fourth-order valence-electron chi connectivity index (χ4n) is 1.82. The lowest BCUT2D eigenvalue weighted by Crippen LogP contribution is -2.52. The van der Waals surface area contributed by atoms with E-state index in [1.54, 1.807) is 7.11 Å². The number of nitrogens with two attached hydrogens (primary N) is 1. The Bertz CT molecular complexity index is 132. The molecule has 0 amide bonds. The zero-order valence-electron chi connectivity index (χ0n) is 8.01. The van der Waals surface area contributed by atoms with E-state index in [1.807, 2.05) is 0 Å². The molecule has 1 saturated heterocycles. The zero-order valence-corrected chi connectivity index (χ0v) is 8.01. The van der Waals surface area contributed by atoms with Crippen molar-refractivity contribution in [2.45, 2.75) is 37.8 Å². The van der Waals surface area contributed by atoms with E-state index in [1.165, 1.54) is 0 Å². The van der Waals surface area contributed by atoms with E-state index in [2.05, 4.69) is 6.92 Å². The van der Waals surface area contributed by atoms with Crippen LogP contribution in [0.5, 0.6) is 0 Å². The number of hydrogen-bond donors (Lipinski definition) is 1. The van der Waals surface area contributed by atoms with E-state index in [0.717, 1.165) is 32.5 Å². The van der Waals surface area contributed by atoms with Crippen LogP contribution in [-0.2, 0) is 9.47 Å². The molecule has 2 N–H and O–H groups in total. The molecule has 1 fully saturated rings. The number of ether oxygens (including phenoxy) is 2. The van der Waals surface area contributed by atoms with Crippen molar-refractivity contribution in [2.24, 2.45) is 5.73 Å². The average molecular weight is 173 g/mol. The molecule has 0 aromatic carbocycles. The van der Waals surface area contributed by atoms with Gasteiger partial charge in [-0.25, -0.2) is 0 Å². The van der Waals surface area contributed by atoms with E-state index in [4.69, 9.17) is 15.2 Å². The van der Waals surface area contributed by atoms with E-state index in [-0.39, 0.29) is 11.6 Å². The Balaban J connectivity index is 2.59. The summed E-state index contributed by atoms with van der Waals surface area (Å²) in [6.07, 6.45) is 2.82. The van der Waals surface area contributed by atoms with Crippen molar-refractivity contribution in [1.82, 2.24) is 0 Å². The number of hydrogen-bond acceptors (Lipinski definition) is 3. The van der Waals surface area contributed by atoms with Crippen LogP contribution in [0.15, 0.2) is 0 Å². The maximum Gasteiger partial charge on any atom is 0.0872 e. The van der Waals surface area contributed by atoms with Crippen LogP contribution in [-0.4, -0.2) is 32.0 Å². The van der Waals surface area contributed by atoms with Gasteiger partial charge in [0.2, 0.25) is 0 Å². The highest BCUT2D eigenvalue weighted by molar-refractivity contribution is 4.92. The molecule has 0 aromatic rings. The van der Waals surface area contributed by atoms with Crippen LogP contribution >= 0.6 is 0 Å². The second kappa shape index (κ2) is 4.21. The second-order valence-electron chi connectivity index (χ2n) is 3.40. The van der Waals surface area contributed by atoms with Crippen molar-refractivity contribution < 1.29 is 9.47 Å². The van der Waals surface area contributed by atoms with E-state index in [9.17, 15) is 0 Å². The van der Waals surface area contributed by atoms with Crippen LogP contribution in [0, 0.1) is 0 Å². The van der Waals surface area contributed by atoms with Crippen molar-refractivity contribution >= 4 is 0 Å².